The molecule has 0 saturated carbocycles. The van der Waals surface area contributed by atoms with Crippen LogP contribution in [0.3, 0.4) is 0 Å². The van der Waals surface area contributed by atoms with Crippen LogP contribution < -0.4 is 0 Å². The molecule has 0 spiro atoms. The summed E-state index contributed by atoms with van der Waals surface area (Å²) in [5.41, 5.74) is 1.37. The summed E-state index contributed by atoms with van der Waals surface area (Å²) in [4.78, 5) is 0. The zero-order chi connectivity index (χ0) is 12.6. The first-order chi connectivity index (χ1) is 7.95. The molecular formula is C11H13BrFNO2S. The Morgan fingerprint density at radius 3 is 2.76 bits per heavy atom. The molecule has 0 amide bonds. The third-order valence-corrected chi connectivity index (χ3v) is 5.59. The van der Waals surface area contributed by atoms with E-state index in [9.17, 15) is 12.8 Å². The van der Waals surface area contributed by atoms with Crippen molar-refractivity contribution >= 4 is 26.0 Å². The first-order valence-corrected chi connectivity index (χ1v) is 7.79. The van der Waals surface area contributed by atoms with Crippen molar-refractivity contribution in [2.24, 2.45) is 0 Å². The molecule has 0 fully saturated rings. The minimum Gasteiger partial charge on any atom is -0.212 e. The molecule has 0 bridgehead atoms. The molecule has 6 heteroatoms. The quantitative estimate of drug-likeness (QED) is 0.838. The SMILES string of the molecule is CCS(=O)(=O)N1CCc2c(Br)ccc(F)c2C1. The lowest BCUT2D eigenvalue weighted by molar-refractivity contribution is 0.382. The van der Waals surface area contributed by atoms with Gasteiger partial charge in [-0.3, -0.25) is 0 Å². The van der Waals surface area contributed by atoms with Crippen molar-refractivity contribution in [2.75, 3.05) is 12.3 Å². The molecule has 1 aromatic carbocycles. The number of halogens is 2. The van der Waals surface area contributed by atoms with Crippen LogP contribution in [0.1, 0.15) is 18.1 Å². The highest BCUT2D eigenvalue weighted by Gasteiger charge is 2.27. The highest BCUT2D eigenvalue weighted by Crippen LogP contribution is 2.29. The Bertz CT molecular complexity index is 545. The summed E-state index contributed by atoms with van der Waals surface area (Å²) in [5, 5.41) is 0. The fraction of sp³-hybridized carbons (Fsp3) is 0.455. The largest absolute Gasteiger partial charge is 0.214 e. The van der Waals surface area contributed by atoms with Crippen LogP contribution >= 0.6 is 15.9 Å². The highest BCUT2D eigenvalue weighted by atomic mass is 79.9. The Balaban J connectivity index is 2.40. The number of fused-ring (bicyclic) bond motifs is 1. The van der Waals surface area contributed by atoms with Gasteiger partial charge in [-0.15, -0.1) is 0 Å². The number of hydrogen-bond donors (Lipinski definition) is 0. The van der Waals surface area contributed by atoms with Crippen molar-refractivity contribution in [1.29, 1.82) is 0 Å². The van der Waals surface area contributed by atoms with E-state index in [1.54, 1.807) is 13.0 Å². The third-order valence-electron chi connectivity index (χ3n) is 3.02. The molecule has 0 aromatic heterocycles. The Morgan fingerprint density at radius 1 is 1.41 bits per heavy atom. The van der Waals surface area contributed by atoms with E-state index >= 15 is 0 Å². The summed E-state index contributed by atoms with van der Waals surface area (Å²) < 4.78 is 39.4. The van der Waals surface area contributed by atoms with Gasteiger partial charge in [-0.2, -0.15) is 4.31 Å². The van der Waals surface area contributed by atoms with Crippen molar-refractivity contribution in [3.8, 4) is 0 Å². The van der Waals surface area contributed by atoms with Gasteiger partial charge in [-0.25, -0.2) is 12.8 Å². The van der Waals surface area contributed by atoms with Gasteiger partial charge in [-0.1, -0.05) is 15.9 Å². The van der Waals surface area contributed by atoms with Crippen molar-refractivity contribution < 1.29 is 12.8 Å². The molecule has 1 aromatic rings. The summed E-state index contributed by atoms with van der Waals surface area (Å²) in [6, 6.07) is 3.03. The number of benzene rings is 1. The van der Waals surface area contributed by atoms with E-state index in [0.717, 1.165) is 10.0 Å². The molecule has 0 N–H and O–H groups in total. The minimum absolute atomic E-state index is 0.0535. The topological polar surface area (TPSA) is 37.4 Å². The number of sulfonamides is 1. The van der Waals surface area contributed by atoms with Crippen LogP contribution in [0.5, 0.6) is 0 Å². The molecule has 1 aliphatic rings. The summed E-state index contributed by atoms with van der Waals surface area (Å²) in [6.07, 6.45) is 0.549. The average molecular weight is 322 g/mol. The van der Waals surface area contributed by atoms with Gasteiger partial charge < -0.3 is 0 Å². The van der Waals surface area contributed by atoms with Crippen LogP contribution in [0, 0.1) is 5.82 Å². The monoisotopic (exact) mass is 321 g/mol. The second-order valence-corrected chi connectivity index (χ2v) is 7.08. The molecule has 0 atom stereocenters. The first kappa shape index (κ1) is 13.0. The van der Waals surface area contributed by atoms with Crippen LogP contribution in [0.25, 0.3) is 0 Å². The number of hydrogen-bond acceptors (Lipinski definition) is 2. The molecule has 1 aliphatic heterocycles. The van der Waals surface area contributed by atoms with E-state index in [-0.39, 0.29) is 18.1 Å². The lowest BCUT2D eigenvalue weighted by Gasteiger charge is -2.28. The van der Waals surface area contributed by atoms with E-state index in [1.165, 1.54) is 10.4 Å². The molecular weight excluding hydrogens is 309 g/mol. The van der Waals surface area contributed by atoms with Crippen molar-refractivity contribution in [1.82, 2.24) is 4.31 Å². The van der Waals surface area contributed by atoms with E-state index in [2.05, 4.69) is 15.9 Å². The lowest BCUT2D eigenvalue weighted by Crippen LogP contribution is -2.37. The normalized spacial score (nSPS) is 16.9. The van der Waals surface area contributed by atoms with Crippen LogP contribution in [0.15, 0.2) is 16.6 Å². The Hall–Kier alpha value is -0.460. The van der Waals surface area contributed by atoms with Gasteiger partial charge in [0.05, 0.1) is 5.75 Å². The zero-order valence-corrected chi connectivity index (χ0v) is 11.8. The summed E-state index contributed by atoms with van der Waals surface area (Å²) in [7, 11) is -3.24. The predicted octanol–water partition coefficient (Wildman–Crippen LogP) is 2.30. The Kier molecular flexibility index (Phi) is 3.56. The van der Waals surface area contributed by atoms with Crippen LogP contribution in [-0.2, 0) is 23.0 Å². The molecule has 0 aliphatic carbocycles. The first-order valence-electron chi connectivity index (χ1n) is 5.39. The van der Waals surface area contributed by atoms with Gasteiger partial charge in [-0.05, 0) is 31.0 Å². The lowest BCUT2D eigenvalue weighted by atomic mass is 10.0. The molecule has 2 rings (SSSR count). The molecule has 0 saturated heterocycles. The molecule has 0 radical (unpaired) electrons. The molecule has 17 heavy (non-hydrogen) atoms. The summed E-state index contributed by atoms with van der Waals surface area (Å²) in [6.45, 7) is 2.16. The van der Waals surface area contributed by atoms with Gasteiger partial charge in [0.2, 0.25) is 10.0 Å². The van der Waals surface area contributed by atoms with Crippen molar-refractivity contribution in [3.05, 3.63) is 33.5 Å². The van der Waals surface area contributed by atoms with Crippen molar-refractivity contribution in [3.63, 3.8) is 0 Å². The second-order valence-electron chi connectivity index (χ2n) is 3.97. The Morgan fingerprint density at radius 2 is 2.12 bits per heavy atom. The van der Waals surface area contributed by atoms with Gasteiger partial charge in [0.1, 0.15) is 5.82 Å². The van der Waals surface area contributed by atoms with E-state index in [0.29, 0.717) is 18.5 Å². The fourth-order valence-corrected chi connectivity index (χ4v) is 3.62. The predicted molar refractivity (Wildman–Crippen MR) is 67.7 cm³/mol. The molecule has 3 nitrogen and oxygen atoms in total. The van der Waals surface area contributed by atoms with Crippen LogP contribution in [0.2, 0.25) is 0 Å². The minimum atomic E-state index is -3.24. The number of nitrogens with zero attached hydrogens (tertiary/aromatic N) is 1. The van der Waals surface area contributed by atoms with Crippen LogP contribution in [-0.4, -0.2) is 25.0 Å². The standard InChI is InChI=1S/C11H13BrFNO2S/c1-2-17(15,16)14-6-5-8-9(7-14)11(13)4-3-10(8)12/h3-4H,2,5-7H2,1H3. The van der Waals surface area contributed by atoms with Crippen molar-refractivity contribution in [2.45, 2.75) is 19.9 Å². The maximum atomic E-state index is 13.7. The Labute approximate surface area is 109 Å². The highest BCUT2D eigenvalue weighted by molar-refractivity contribution is 9.10. The van der Waals surface area contributed by atoms with Gasteiger partial charge in [0.25, 0.3) is 0 Å². The van der Waals surface area contributed by atoms with Gasteiger partial charge in [0, 0.05) is 23.1 Å². The average Bonchev–Trinajstić information content (AvgIpc) is 2.33. The zero-order valence-electron chi connectivity index (χ0n) is 9.41. The summed E-state index contributed by atoms with van der Waals surface area (Å²) in [5.74, 6) is -0.281. The van der Waals surface area contributed by atoms with Gasteiger partial charge in [0.15, 0.2) is 0 Å². The molecule has 1 heterocycles. The van der Waals surface area contributed by atoms with E-state index < -0.39 is 10.0 Å². The number of rotatable bonds is 2. The van der Waals surface area contributed by atoms with E-state index in [1.807, 2.05) is 0 Å². The molecule has 94 valence electrons. The maximum Gasteiger partial charge on any atom is 0.214 e. The van der Waals surface area contributed by atoms with E-state index in [4.69, 9.17) is 0 Å². The van der Waals surface area contributed by atoms with Crippen LogP contribution in [0.4, 0.5) is 4.39 Å². The third kappa shape index (κ3) is 2.39. The molecule has 0 unspecified atom stereocenters. The van der Waals surface area contributed by atoms with Gasteiger partial charge >= 0.3 is 0 Å². The summed E-state index contributed by atoms with van der Waals surface area (Å²) >= 11 is 3.37. The smallest absolute Gasteiger partial charge is 0.212 e. The second kappa shape index (κ2) is 4.66. The fourth-order valence-electron chi connectivity index (χ4n) is 1.99. The maximum absolute atomic E-state index is 13.7.